The van der Waals surface area contributed by atoms with Crippen molar-refractivity contribution < 1.29 is 23.4 Å². The molecule has 1 unspecified atom stereocenters. The van der Waals surface area contributed by atoms with Gasteiger partial charge in [-0.05, 0) is 40.8 Å². The fourth-order valence-corrected chi connectivity index (χ4v) is 1.98. The molecule has 0 aromatic heterocycles. The van der Waals surface area contributed by atoms with Gasteiger partial charge in [0, 0.05) is 15.8 Å². The summed E-state index contributed by atoms with van der Waals surface area (Å²) in [4.78, 5) is 0. The Balaban J connectivity index is 2.76. The molecule has 0 spiro atoms. The van der Waals surface area contributed by atoms with Crippen LogP contribution < -0.4 is 5.32 Å². The highest BCUT2D eigenvalue weighted by Gasteiger charge is 2.32. The largest absolute Gasteiger partial charge is 0.417 e. The molecular formula is C10H11F3INO2. The molecule has 1 aromatic rings. The first kappa shape index (κ1) is 14.5. The maximum atomic E-state index is 12.5. The Kier molecular flexibility index (Phi) is 5.02. The molecule has 0 saturated carbocycles. The lowest BCUT2D eigenvalue weighted by Gasteiger charge is -2.13. The van der Waals surface area contributed by atoms with E-state index >= 15 is 0 Å². The number of rotatable bonds is 4. The molecule has 0 aliphatic heterocycles. The van der Waals surface area contributed by atoms with Crippen LogP contribution in [0.3, 0.4) is 0 Å². The molecule has 0 aliphatic rings. The molecule has 1 rings (SSSR count). The summed E-state index contributed by atoms with van der Waals surface area (Å²) in [5.41, 5.74) is -0.221. The lowest BCUT2D eigenvalue weighted by molar-refractivity contribution is -0.138. The van der Waals surface area contributed by atoms with E-state index in [1.54, 1.807) is 22.6 Å². The normalized spacial score (nSPS) is 13.5. The van der Waals surface area contributed by atoms with Crippen molar-refractivity contribution in [3.63, 3.8) is 0 Å². The van der Waals surface area contributed by atoms with E-state index in [9.17, 15) is 13.2 Å². The molecule has 1 atom stereocenters. The minimum absolute atomic E-state index is 0.0813. The lowest BCUT2D eigenvalue weighted by Crippen LogP contribution is -2.23. The fraction of sp³-hybridized carbons (Fsp3) is 0.400. The number of nitrogens with one attached hydrogen (secondary N) is 1. The molecule has 3 N–H and O–H groups in total. The summed E-state index contributed by atoms with van der Waals surface area (Å²) >= 11 is 1.61. The maximum Gasteiger partial charge on any atom is 0.417 e. The summed E-state index contributed by atoms with van der Waals surface area (Å²) in [6, 6.07) is 3.61. The van der Waals surface area contributed by atoms with Gasteiger partial charge in [0.1, 0.15) is 0 Å². The van der Waals surface area contributed by atoms with E-state index in [1.807, 2.05) is 0 Å². The van der Waals surface area contributed by atoms with Crippen molar-refractivity contribution in [3.8, 4) is 0 Å². The van der Waals surface area contributed by atoms with Gasteiger partial charge in [-0.15, -0.1) is 0 Å². The van der Waals surface area contributed by atoms with Gasteiger partial charge in [-0.1, -0.05) is 0 Å². The Morgan fingerprint density at radius 3 is 2.47 bits per heavy atom. The molecule has 17 heavy (non-hydrogen) atoms. The first-order valence-electron chi connectivity index (χ1n) is 4.74. The molecule has 0 aliphatic carbocycles. The Labute approximate surface area is 110 Å². The van der Waals surface area contributed by atoms with Crippen LogP contribution >= 0.6 is 22.6 Å². The van der Waals surface area contributed by atoms with Crippen LogP contribution in [0.4, 0.5) is 18.9 Å². The van der Waals surface area contributed by atoms with Crippen molar-refractivity contribution >= 4 is 28.3 Å². The summed E-state index contributed by atoms with van der Waals surface area (Å²) in [6.07, 6.45) is -5.30. The van der Waals surface area contributed by atoms with E-state index in [-0.39, 0.29) is 10.1 Å². The summed E-state index contributed by atoms with van der Waals surface area (Å²) in [5.74, 6) is 0. The number of aliphatic hydroxyl groups excluding tert-OH is 2. The highest BCUT2D eigenvalue weighted by Crippen LogP contribution is 2.33. The second-order valence-electron chi connectivity index (χ2n) is 3.41. The fourth-order valence-electron chi connectivity index (χ4n) is 1.16. The minimum Gasteiger partial charge on any atom is -0.394 e. The summed E-state index contributed by atoms with van der Waals surface area (Å²) in [5, 5.41) is 20.4. The van der Waals surface area contributed by atoms with E-state index in [4.69, 9.17) is 10.2 Å². The molecule has 0 radical (unpaired) electrons. The SMILES string of the molecule is OCC(O)CNc1ccc(C(F)(F)F)c(I)c1. The molecule has 0 amide bonds. The predicted molar refractivity (Wildman–Crippen MR) is 65.7 cm³/mol. The molecular weight excluding hydrogens is 350 g/mol. The van der Waals surface area contributed by atoms with Crippen LogP contribution in [0.5, 0.6) is 0 Å². The van der Waals surface area contributed by atoms with E-state index in [1.165, 1.54) is 12.1 Å². The lowest BCUT2D eigenvalue weighted by atomic mass is 10.2. The number of hydrogen-bond acceptors (Lipinski definition) is 3. The van der Waals surface area contributed by atoms with E-state index in [0.717, 1.165) is 6.07 Å². The van der Waals surface area contributed by atoms with Crippen LogP contribution in [-0.4, -0.2) is 29.5 Å². The number of hydrogen-bond donors (Lipinski definition) is 3. The third-order valence-electron chi connectivity index (χ3n) is 2.03. The summed E-state index contributed by atoms with van der Waals surface area (Å²) in [7, 11) is 0. The summed E-state index contributed by atoms with van der Waals surface area (Å²) in [6.45, 7) is -0.317. The van der Waals surface area contributed by atoms with Crippen molar-refractivity contribution in [3.05, 3.63) is 27.3 Å². The van der Waals surface area contributed by atoms with Gasteiger partial charge < -0.3 is 15.5 Å². The molecule has 96 valence electrons. The Bertz CT molecular complexity index is 384. The highest BCUT2D eigenvalue weighted by molar-refractivity contribution is 14.1. The van der Waals surface area contributed by atoms with E-state index in [0.29, 0.717) is 5.69 Å². The Morgan fingerprint density at radius 2 is 2.00 bits per heavy atom. The number of benzene rings is 1. The van der Waals surface area contributed by atoms with Gasteiger partial charge in [0.15, 0.2) is 0 Å². The molecule has 0 bridgehead atoms. The highest BCUT2D eigenvalue weighted by atomic mass is 127. The zero-order chi connectivity index (χ0) is 13.1. The van der Waals surface area contributed by atoms with Crippen molar-refractivity contribution in [1.82, 2.24) is 0 Å². The second kappa shape index (κ2) is 5.87. The second-order valence-corrected chi connectivity index (χ2v) is 4.57. The van der Waals surface area contributed by atoms with Crippen molar-refractivity contribution in [2.24, 2.45) is 0 Å². The Morgan fingerprint density at radius 1 is 1.35 bits per heavy atom. The number of anilines is 1. The first-order chi connectivity index (χ1) is 7.84. The van der Waals surface area contributed by atoms with Gasteiger partial charge in [0.25, 0.3) is 0 Å². The molecule has 1 aromatic carbocycles. The van der Waals surface area contributed by atoms with Crippen LogP contribution in [0.2, 0.25) is 0 Å². The van der Waals surface area contributed by atoms with Crippen molar-refractivity contribution in [2.45, 2.75) is 12.3 Å². The quantitative estimate of drug-likeness (QED) is 0.720. The third kappa shape index (κ3) is 4.32. The molecule has 3 nitrogen and oxygen atoms in total. The molecule has 0 fully saturated rings. The van der Waals surface area contributed by atoms with Crippen molar-refractivity contribution in [1.29, 1.82) is 0 Å². The van der Waals surface area contributed by atoms with Gasteiger partial charge in [-0.2, -0.15) is 13.2 Å². The van der Waals surface area contributed by atoms with Crippen LogP contribution in [0.1, 0.15) is 5.56 Å². The minimum atomic E-state index is -4.36. The smallest absolute Gasteiger partial charge is 0.394 e. The van der Waals surface area contributed by atoms with Crippen LogP contribution in [-0.2, 0) is 6.18 Å². The number of alkyl halides is 3. The van der Waals surface area contributed by atoms with Crippen molar-refractivity contribution in [2.75, 3.05) is 18.5 Å². The topological polar surface area (TPSA) is 52.5 Å². The van der Waals surface area contributed by atoms with Gasteiger partial charge >= 0.3 is 6.18 Å². The number of halogens is 4. The summed E-state index contributed by atoms with van der Waals surface area (Å²) < 4.78 is 37.4. The van der Waals surface area contributed by atoms with Gasteiger partial charge in [-0.25, -0.2) is 0 Å². The first-order valence-corrected chi connectivity index (χ1v) is 5.82. The predicted octanol–water partition coefficient (Wildman–Crippen LogP) is 2.08. The van der Waals surface area contributed by atoms with Crippen LogP contribution in [0.15, 0.2) is 18.2 Å². The standard InChI is InChI=1S/C10H11F3INO2/c11-10(12,13)8-2-1-6(3-9(8)14)15-4-7(17)5-16/h1-3,7,15-17H,4-5H2. The average molecular weight is 361 g/mol. The van der Waals surface area contributed by atoms with E-state index in [2.05, 4.69) is 5.32 Å². The molecule has 7 heteroatoms. The van der Waals surface area contributed by atoms with E-state index < -0.39 is 24.5 Å². The van der Waals surface area contributed by atoms with Crippen LogP contribution in [0, 0.1) is 3.57 Å². The maximum absolute atomic E-state index is 12.5. The van der Waals surface area contributed by atoms with Crippen LogP contribution in [0.25, 0.3) is 0 Å². The van der Waals surface area contributed by atoms with Gasteiger partial charge in [0.05, 0.1) is 18.3 Å². The number of aliphatic hydroxyl groups is 2. The third-order valence-corrected chi connectivity index (χ3v) is 2.92. The molecule has 0 heterocycles. The monoisotopic (exact) mass is 361 g/mol. The average Bonchev–Trinajstić information content (AvgIpc) is 2.24. The van der Waals surface area contributed by atoms with Gasteiger partial charge in [0.2, 0.25) is 0 Å². The Hall–Kier alpha value is -0.540. The zero-order valence-electron chi connectivity index (χ0n) is 8.63. The van der Waals surface area contributed by atoms with Gasteiger partial charge in [-0.3, -0.25) is 0 Å². The molecule has 0 saturated heterocycles. The zero-order valence-corrected chi connectivity index (χ0v) is 10.8.